The number of carboxylic acid groups (broad SMARTS) is 1. The number of amides is 1. The molecule has 1 amide bonds. The molecule has 1 saturated carbocycles. The minimum atomic E-state index is -0.801. The number of carboxylic acids is 1. The summed E-state index contributed by atoms with van der Waals surface area (Å²) in [7, 11) is 1.60. The third-order valence-electron chi connectivity index (χ3n) is 4.08. The highest BCUT2D eigenvalue weighted by molar-refractivity contribution is 5.74. The molecule has 0 radical (unpaired) electrons. The van der Waals surface area contributed by atoms with E-state index >= 15 is 0 Å². The smallest absolute Gasteiger partial charge is 0.410 e. The lowest BCUT2D eigenvalue weighted by Gasteiger charge is -2.13. The van der Waals surface area contributed by atoms with Crippen LogP contribution in [-0.4, -0.2) is 41.8 Å². The molecule has 3 rings (SSSR count). The van der Waals surface area contributed by atoms with Gasteiger partial charge in [0.2, 0.25) is 0 Å². The van der Waals surface area contributed by atoms with E-state index in [1.54, 1.807) is 12.0 Å². The molecule has 1 aliphatic carbocycles. The number of nitrogens with zero attached hydrogens (tertiary/aromatic N) is 1. The number of cyclic esters (lactones) is 1. The van der Waals surface area contributed by atoms with Gasteiger partial charge in [-0.2, -0.15) is 0 Å². The van der Waals surface area contributed by atoms with Gasteiger partial charge in [0.05, 0.1) is 19.6 Å². The first-order valence-electron chi connectivity index (χ1n) is 6.90. The van der Waals surface area contributed by atoms with Crippen LogP contribution in [0.4, 0.5) is 4.79 Å². The Balaban J connectivity index is 1.59. The summed E-state index contributed by atoms with van der Waals surface area (Å²) in [5.74, 6) is -0.427. The minimum Gasteiger partial charge on any atom is -0.497 e. The van der Waals surface area contributed by atoms with E-state index < -0.39 is 5.97 Å². The molecule has 1 unspecified atom stereocenters. The minimum absolute atomic E-state index is 0.0349. The number of carbonyl (C=O) groups is 2. The summed E-state index contributed by atoms with van der Waals surface area (Å²) in [5.41, 5.74) is 0.985. The van der Waals surface area contributed by atoms with Crippen molar-refractivity contribution < 1.29 is 24.2 Å². The van der Waals surface area contributed by atoms with Gasteiger partial charge < -0.3 is 19.5 Å². The van der Waals surface area contributed by atoms with Crippen molar-refractivity contribution in [1.82, 2.24) is 4.90 Å². The van der Waals surface area contributed by atoms with Crippen LogP contribution in [0.2, 0.25) is 0 Å². The van der Waals surface area contributed by atoms with Gasteiger partial charge in [-0.05, 0) is 24.1 Å². The third kappa shape index (κ3) is 2.79. The standard InChI is InChI=1S/C15H17NO5/c1-20-10-4-2-9(3-5-10)7-16-8-13(21-15(16)19)11-6-12(11)14(17)18/h2-5,11-13H,6-8H2,1H3,(H,17,18)/t11-,12-,13?/m0/s1. The molecule has 1 aromatic carbocycles. The topological polar surface area (TPSA) is 76.1 Å². The summed E-state index contributed by atoms with van der Waals surface area (Å²) >= 11 is 0. The Morgan fingerprint density at radius 3 is 2.71 bits per heavy atom. The molecular weight excluding hydrogens is 274 g/mol. The van der Waals surface area contributed by atoms with Gasteiger partial charge in [0.15, 0.2) is 0 Å². The van der Waals surface area contributed by atoms with Gasteiger partial charge in [-0.15, -0.1) is 0 Å². The fourth-order valence-corrected chi connectivity index (χ4v) is 2.75. The second-order valence-corrected chi connectivity index (χ2v) is 5.50. The first kappa shape index (κ1) is 13.7. The van der Waals surface area contributed by atoms with E-state index in [1.165, 1.54) is 0 Å². The van der Waals surface area contributed by atoms with Crippen LogP contribution in [0, 0.1) is 11.8 Å². The maximum absolute atomic E-state index is 11.9. The Hall–Kier alpha value is -2.24. The summed E-state index contributed by atoms with van der Waals surface area (Å²) in [6, 6.07) is 7.48. The number of benzene rings is 1. The van der Waals surface area contributed by atoms with E-state index in [0.717, 1.165) is 11.3 Å². The Bertz CT molecular complexity index is 556. The van der Waals surface area contributed by atoms with E-state index in [4.69, 9.17) is 14.6 Å². The van der Waals surface area contributed by atoms with Crippen molar-refractivity contribution in [2.24, 2.45) is 11.8 Å². The molecule has 1 N–H and O–H groups in total. The van der Waals surface area contributed by atoms with Crippen molar-refractivity contribution in [3.63, 3.8) is 0 Å². The molecule has 6 nitrogen and oxygen atoms in total. The van der Waals surface area contributed by atoms with E-state index in [0.29, 0.717) is 19.5 Å². The van der Waals surface area contributed by atoms with Gasteiger partial charge in [-0.1, -0.05) is 12.1 Å². The van der Waals surface area contributed by atoms with Crippen molar-refractivity contribution >= 4 is 12.1 Å². The number of hydrogen-bond acceptors (Lipinski definition) is 4. The van der Waals surface area contributed by atoms with Gasteiger partial charge in [0.1, 0.15) is 11.9 Å². The van der Waals surface area contributed by atoms with Gasteiger partial charge in [0.25, 0.3) is 0 Å². The third-order valence-corrected chi connectivity index (χ3v) is 4.08. The zero-order valence-corrected chi connectivity index (χ0v) is 11.7. The SMILES string of the molecule is COc1ccc(CN2CC([C@H]3C[C@@H]3C(=O)O)OC2=O)cc1. The zero-order chi connectivity index (χ0) is 15.0. The molecule has 1 aromatic rings. The van der Waals surface area contributed by atoms with Crippen molar-refractivity contribution in [3.05, 3.63) is 29.8 Å². The Morgan fingerprint density at radius 1 is 1.43 bits per heavy atom. The Kier molecular flexibility index (Phi) is 3.45. The summed E-state index contributed by atoms with van der Waals surface area (Å²) in [4.78, 5) is 24.3. The lowest BCUT2D eigenvalue weighted by atomic mass is 10.1. The van der Waals surface area contributed by atoms with Crippen LogP contribution in [0.1, 0.15) is 12.0 Å². The molecule has 21 heavy (non-hydrogen) atoms. The van der Waals surface area contributed by atoms with Gasteiger partial charge >= 0.3 is 12.1 Å². The predicted octanol–water partition coefficient (Wildman–Crippen LogP) is 1.74. The lowest BCUT2D eigenvalue weighted by molar-refractivity contribution is -0.139. The normalized spacial score (nSPS) is 27.4. The summed E-state index contributed by atoms with van der Waals surface area (Å²) < 4.78 is 10.4. The monoisotopic (exact) mass is 291 g/mol. The summed E-state index contributed by atoms with van der Waals surface area (Å²) in [5, 5.41) is 8.93. The average Bonchev–Trinajstić information content (AvgIpc) is 3.20. The van der Waals surface area contributed by atoms with Crippen molar-refractivity contribution in [3.8, 4) is 5.75 Å². The molecule has 1 saturated heterocycles. The first-order valence-corrected chi connectivity index (χ1v) is 6.90. The van der Waals surface area contributed by atoms with E-state index in [9.17, 15) is 9.59 Å². The molecule has 0 spiro atoms. The molecule has 0 bridgehead atoms. The maximum atomic E-state index is 11.9. The van der Waals surface area contributed by atoms with Crippen LogP contribution in [-0.2, 0) is 16.1 Å². The largest absolute Gasteiger partial charge is 0.497 e. The quantitative estimate of drug-likeness (QED) is 0.894. The number of ether oxygens (including phenoxy) is 2. The summed E-state index contributed by atoms with van der Waals surface area (Å²) in [6.45, 7) is 0.920. The number of aliphatic carboxylic acids is 1. The maximum Gasteiger partial charge on any atom is 0.410 e. The van der Waals surface area contributed by atoms with Crippen LogP contribution < -0.4 is 4.74 Å². The Labute approximate surface area is 122 Å². The van der Waals surface area contributed by atoms with Crippen molar-refractivity contribution in [2.75, 3.05) is 13.7 Å². The molecular formula is C15H17NO5. The Morgan fingerprint density at radius 2 is 2.14 bits per heavy atom. The number of rotatable bonds is 5. The van der Waals surface area contributed by atoms with Crippen LogP contribution in [0.3, 0.4) is 0 Å². The van der Waals surface area contributed by atoms with Crippen molar-refractivity contribution in [1.29, 1.82) is 0 Å². The van der Waals surface area contributed by atoms with Gasteiger partial charge in [-0.3, -0.25) is 4.79 Å². The highest BCUT2D eigenvalue weighted by Gasteiger charge is 2.52. The molecule has 0 aromatic heterocycles. The lowest BCUT2D eigenvalue weighted by Crippen LogP contribution is -2.25. The second kappa shape index (κ2) is 5.27. The molecule has 2 aliphatic rings. The highest BCUT2D eigenvalue weighted by atomic mass is 16.6. The zero-order valence-electron chi connectivity index (χ0n) is 11.7. The number of hydrogen-bond donors (Lipinski definition) is 1. The van der Waals surface area contributed by atoms with Crippen LogP contribution >= 0.6 is 0 Å². The van der Waals surface area contributed by atoms with E-state index in [1.807, 2.05) is 24.3 Å². The molecule has 1 aliphatic heterocycles. The second-order valence-electron chi connectivity index (χ2n) is 5.50. The molecule has 112 valence electrons. The summed E-state index contributed by atoms with van der Waals surface area (Å²) in [6.07, 6.45) is -0.0624. The van der Waals surface area contributed by atoms with Gasteiger partial charge in [0, 0.05) is 12.5 Å². The molecule has 3 atom stereocenters. The molecule has 6 heteroatoms. The molecule has 2 fully saturated rings. The average molecular weight is 291 g/mol. The fourth-order valence-electron chi connectivity index (χ4n) is 2.75. The van der Waals surface area contributed by atoms with E-state index in [-0.39, 0.29) is 24.0 Å². The van der Waals surface area contributed by atoms with Crippen LogP contribution in [0.15, 0.2) is 24.3 Å². The first-order chi connectivity index (χ1) is 10.1. The predicted molar refractivity (Wildman–Crippen MR) is 72.9 cm³/mol. The fraction of sp³-hybridized carbons (Fsp3) is 0.467. The number of methoxy groups -OCH3 is 1. The highest BCUT2D eigenvalue weighted by Crippen LogP contribution is 2.44. The molecule has 1 heterocycles. The van der Waals surface area contributed by atoms with Gasteiger partial charge in [-0.25, -0.2) is 4.79 Å². The van der Waals surface area contributed by atoms with E-state index in [2.05, 4.69) is 0 Å². The van der Waals surface area contributed by atoms with Crippen LogP contribution in [0.25, 0.3) is 0 Å². The van der Waals surface area contributed by atoms with Crippen molar-refractivity contribution in [2.45, 2.75) is 19.1 Å². The number of carbonyl (C=O) groups excluding carboxylic acids is 1. The van der Waals surface area contributed by atoms with Crippen LogP contribution in [0.5, 0.6) is 5.75 Å².